The Kier molecular flexibility index (Phi) is 4.96. The van der Waals surface area contributed by atoms with Gasteiger partial charge in [0.1, 0.15) is 6.61 Å². The van der Waals surface area contributed by atoms with E-state index in [1.165, 1.54) is 12.4 Å². The second-order valence-electron chi connectivity index (χ2n) is 5.57. The first-order valence-corrected chi connectivity index (χ1v) is 9.18. The van der Waals surface area contributed by atoms with E-state index < -0.39 is 10.0 Å². The number of hydrogen-bond donors (Lipinski definition) is 1. The van der Waals surface area contributed by atoms with Gasteiger partial charge >= 0.3 is 0 Å². The van der Waals surface area contributed by atoms with Gasteiger partial charge in [0.15, 0.2) is 0 Å². The number of aromatic nitrogens is 2. The maximum atomic E-state index is 12.5. The molecule has 1 aliphatic rings. The van der Waals surface area contributed by atoms with Crippen molar-refractivity contribution in [1.29, 1.82) is 0 Å². The van der Waals surface area contributed by atoms with Gasteiger partial charge < -0.3 is 9.47 Å². The molecule has 1 saturated heterocycles. The minimum absolute atomic E-state index is 0.00793. The minimum Gasteiger partial charge on any atom is -0.472 e. The molecule has 0 aliphatic carbocycles. The SMILES string of the molecule is Cc1ccc(S(=O)(=O)Nc2nccnc2OCC2CCCO2)cc1. The molecule has 1 atom stereocenters. The molecule has 0 radical (unpaired) electrons. The lowest BCUT2D eigenvalue weighted by molar-refractivity contribution is 0.0665. The molecule has 1 aliphatic heterocycles. The topological polar surface area (TPSA) is 90.4 Å². The zero-order valence-corrected chi connectivity index (χ0v) is 14.1. The molecule has 128 valence electrons. The summed E-state index contributed by atoms with van der Waals surface area (Å²) >= 11 is 0. The van der Waals surface area contributed by atoms with Gasteiger partial charge in [-0.1, -0.05) is 17.7 Å². The summed E-state index contributed by atoms with van der Waals surface area (Å²) in [6.07, 6.45) is 4.79. The summed E-state index contributed by atoms with van der Waals surface area (Å²) in [5.74, 6) is 0.208. The van der Waals surface area contributed by atoms with E-state index in [1.807, 2.05) is 6.92 Å². The average Bonchev–Trinajstić information content (AvgIpc) is 3.07. The van der Waals surface area contributed by atoms with Crippen LogP contribution in [0.2, 0.25) is 0 Å². The fourth-order valence-electron chi connectivity index (χ4n) is 2.35. The summed E-state index contributed by atoms with van der Waals surface area (Å²) in [6.45, 7) is 2.93. The molecule has 2 heterocycles. The molecule has 1 aromatic heterocycles. The number of nitrogens with zero attached hydrogens (tertiary/aromatic N) is 2. The van der Waals surface area contributed by atoms with Crippen molar-refractivity contribution in [2.75, 3.05) is 17.9 Å². The molecule has 3 rings (SSSR count). The number of hydrogen-bond acceptors (Lipinski definition) is 6. The molecule has 0 amide bonds. The highest BCUT2D eigenvalue weighted by Crippen LogP contribution is 2.23. The number of nitrogens with one attached hydrogen (secondary N) is 1. The fourth-order valence-corrected chi connectivity index (χ4v) is 3.36. The minimum atomic E-state index is -3.75. The molecule has 0 bridgehead atoms. The van der Waals surface area contributed by atoms with Crippen molar-refractivity contribution in [3.63, 3.8) is 0 Å². The van der Waals surface area contributed by atoms with Crippen LogP contribution in [0.5, 0.6) is 5.88 Å². The predicted molar refractivity (Wildman–Crippen MR) is 88.5 cm³/mol. The van der Waals surface area contributed by atoms with Crippen LogP contribution in [-0.4, -0.2) is 37.7 Å². The van der Waals surface area contributed by atoms with Crippen LogP contribution in [0.15, 0.2) is 41.6 Å². The zero-order chi connectivity index (χ0) is 17.0. The number of aryl methyl sites for hydroxylation is 1. The van der Waals surface area contributed by atoms with Crippen LogP contribution in [0.3, 0.4) is 0 Å². The third-order valence-corrected chi connectivity index (χ3v) is 5.01. The van der Waals surface area contributed by atoms with E-state index in [-0.39, 0.29) is 22.7 Å². The van der Waals surface area contributed by atoms with Crippen molar-refractivity contribution in [1.82, 2.24) is 9.97 Å². The highest BCUT2D eigenvalue weighted by atomic mass is 32.2. The van der Waals surface area contributed by atoms with E-state index in [9.17, 15) is 8.42 Å². The second-order valence-corrected chi connectivity index (χ2v) is 7.26. The molecule has 24 heavy (non-hydrogen) atoms. The van der Waals surface area contributed by atoms with Crippen LogP contribution < -0.4 is 9.46 Å². The molecule has 1 fully saturated rings. The third-order valence-electron chi connectivity index (χ3n) is 3.66. The Morgan fingerprint density at radius 2 is 2.00 bits per heavy atom. The molecule has 1 unspecified atom stereocenters. The highest BCUT2D eigenvalue weighted by molar-refractivity contribution is 7.92. The van der Waals surface area contributed by atoms with Crippen molar-refractivity contribution >= 4 is 15.8 Å². The summed E-state index contributed by atoms with van der Waals surface area (Å²) in [4.78, 5) is 8.25. The van der Waals surface area contributed by atoms with E-state index in [4.69, 9.17) is 9.47 Å². The Balaban J connectivity index is 1.75. The molecule has 8 heteroatoms. The van der Waals surface area contributed by atoms with Gasteiger partial charge in [-0.05, 0) is 31.9 Å². The summed E-state index contributed by atoms with van der Waals surface area (Å²) in [7, 11) is -3.75. The summed E-state index contributed by atoms with van der Waals surface area (Å²) in [5.41, 5.74) is 0.981. The van der Waals surface area contributed by atoms with E-state index in [0.717, 1.165) is 25.0 Å². The van der Waals surface area contributed by atoms with Gasteiger partial charge in [-0.25, -0.2) is 18.4 Å². The smallest absolute Gasteiger partial charge is 0.263 e. The number of rotatable bonds is 6. The maximum absolute atomic E-state index is 12.5. The molecular weight excluding hydrogens is 330 g/mol. The average molecular weight is 349 g/mol. The summed E-state index contributed by atoms with van der Waals surface area (Å²) < 4.78 is 38.4. The Bertz CT molecular complexity index is 787. The van der Waals surface area contributed by atoms with E-state index in [2.05, 4.69) is 14.7 Å². The van der Waals surface area contributed by atoms with Crippen LogP contribution >= 0.6 is 0 Å². The Morgan fingerprint density at radius 1 is 1.25 bits per heavy atom. The third kappa shape index (κ3) is 4.01. The van der Waals surface area contributed by atoms with Gasteiger partial charge in [0.25, 0.3) is 15.9 Å². The second kappa shape index (κ2) is 7.14. The van der Waals surface area contributed by atoms with Gasteiger partial charge in [0.05, 0.1) is 11.0 Å². The van der Waals surface area contributed by atoms with Crippen LogP contribution in [0.4, 0.5) is 5.82 Å². The van der Waals surface area contributed by atoms with Crippen LogP contribution in [0.1, 0.15) is 18.4 Å². The molecule has 2 aromatic rings. The quantitative estimate of drug-likeness (QED) is 0.859. The highest BCUT2D eigenvalue weighted by Gasteiger charge is 2.20. The Hall–Kier alpha value is -2.19. The van der Waals surface area contributed by atoms with Crippen molar-refractivity contribution in [3.8, 4) is 5.88 Å². The number of ether oxygens (including phenoxy) is 2. The summed E-state index contributed by atoms with van der Waals surface area (Å²) in [6, 6.07) is 6.56. The monoisotopic (exact) mass is 349 g/mol. The standard InChI is InChI=1S/C16H19N3O4S/c1-12-4-6-14(7-5-12)24(20,21)19-15-16(18-9-8-17-15)23-11-13-3-2-10-22-13/h4-9,13H,2-3,10-11H2,1H3,(H,17,19). The maximum Gasteiger partial charge on any atom is 0.263 e. The molecule has 1 aromatic carbocycles. The van der Waals surface area contributed by atoms with Gasteiger partial charge in [0, 0.05) is 19.0 Å². The van der Waals surface area contributed by atoms with E-state index >= 15 is 0 Å². The number of anilines is 1. The first kappa shape index (κ1) is 16.7. The van der Waals surface area contributed by atoms with Gasteiger partial charge in [-0.15, -0.1) is 0 Å². The first-order valence-electron chi connectivity index (χ1n) is 7.69. The molecule has 0 spiro atoms. The number of benzene rings is 1. The zero-order valence-electron chi connectivity index (χ0n) is 13.3. The Labute approximate surface area is 141 Å². The molecular formula is C16H19N3O4S. The predicted octanol–water partition coefficient (Wildman–Crippen LogP) is 2.14. The Morgan fingerprint density at radius 3 is 2.71 bits per heavy atom. The van der Waals surface area contributed by atoms with Crippen LogP contribution in [0, 0.1) is 6.92 Å². The fraction of sp³-hybridized carbons (Fsp3) is 0.375. The van der Waals surface area contributed by atoms with Gasteiger partial charge in [-0.3, -0.25) is 4.72 Å². The normalized spacial score (nSPS) is 17.6. The molecule has 7 nitrogen and oxygen atoms in total. The van der Waals surface area contributed by atoms with Gasteiger partial charge in [0.2, 0.25) is 5.82 Å². The lowest BCUT2D eigenvalue weighted by Crippen LogP contribution is -2.19. The lowest BCUT2D eigenvalue weighted by atomic mass is 10.2. The summed E-state index contributed by atoms with van der Waals surface area (Å²) in [5, 5.41) is 0. The molecule has 0 saturated carbocycles. The van der Waals surface area contributed by atoms with Gasteiger partial charge in [-0.2, -0.15) is 0 Å². The lowest BCUT2D eigenvalue weighted by Gasteiger charge is -2.14. The van der Waals surface area contributed by atoms with Crippen molar-refractivity contribution < 1.29 is 17.9 Å². The van der Waals surface area contributed by atoms with E-state index in [0.29, 0.717) is 6.61 Å². The van der Waals surface area contributed by atoms with E-state index in [1.54, 1.807) is 24.3 Å². The van der Waals surface area contributed by atoms with Crippen molar-refractivity contribution in [2.24, 2.45) is 0 Å². The molecule has 1 N–H and O–H groups in total. The number of sulfonamides is 1. The largest absolute Gasteiger partial charge is 0.472 e. The first-order chi connectivity index (χ1) is 11.5. The van der Waals surface area contributed by atoms with Crippen LogP contribution in [-0.2, 0) is 14.8 Å². The van der Waals surface area contributed by atoms with Crippen molar-refractivity contribution in [3.05, 3.63) is 42.2 Å². The van der Waals surface area contributed by atoms with Crippen molar-refractivity contribution in [2.45, 2.75) is 30.8 Å². The van der Waals surface area contributed by atoms with Crippen LogP contribution in [0.25, 0.3) is 0 Å².